The summed E-state index contributed by atoms with van der Waals surface area (Å²) in [6.07, 6.45) is 5.27. The van der Waals surface area contributed by atoms with Gasteiger partial charge in [-0.2, -0.15) is 20.5 Å². The number of unbranched alkanes of at least 4 members (excludes halogenated alkanes) is 2. The van der Waals surface area contributed by atoms with Crippen molar-refractivity contribution < 1.29 is 9.85 Å². The highest BCUT2D eigenvalue weighted by atomic mass is 16.6. The largest absolute Gasteiger partial charge is 0.269 e. The van der Waals surface area contributed by atoms with Gasteiger partial charge < -0.3 is 0 Å². The summed E-state index contributed by atoms with van der Waals surface area (Å²) >= 11 is 0. The van der Waals surface area contributed by atoms with Crippen LogP contribution in [0.2, 0.25) is 0 Å². The lowest BCUT2D eigenvalue weighted by Crippen LogP contribution is -1.88. The van der Waals surface area contributed by atoms with E-state index in [1.807, 2.05) is 48.5 Å². The average Bonchev–Trinajstić information content (AvgIpc) is 2.96. The molecule has 0 heterocycles. The molecule has 39 heavy (non-hydrogen) atoms. The Balaban J connectivity index is 1.16. The van der Waals surface area contributed by atoms with Gasteiger partial charge in [0.15, 0.2) is 0 Å². The van der Waals surface area contributed by atoms with Gasteiger partial charge in [0.2, 0.25) is 0 Å². The van der Waals surface area contributed by atoms with E-state index in [0.29, 0.717) is 11.4 Å². The molecule has 0 saturated heterocycles. The molecule has 0 atom stereocenters. The van der Waals surface area contributed by atoms with Crippen molar-refractivity contribution in [1.29, 1.82) is 0 Å². The zero-order valence-corrected chi connectivity index (χ0v) is 21.1. The van der Waals surface area contributed by atoms with Crippen molar-refractivity contribution in [3.8, 4) is 0 Å². The van der Waals surface area contributed by atoms with Crippen molar-refractivity contribution in [2.45, 2.75) is 32.1 Å². The molecule has 0 aliphatic rings. The van der Waals surface area contributed by atoms with Crippen LogP contribution in [-0.2, 0) is 12.8 Å². The molecular weight excluding hydrogens is 496 g/mol. The van der Waals surface area contributed by atoms with Crippen LogP contribution in [0, 0.1) is 20.2 Å². The molecule has 0 aliphatic carbocycles. The minimum Gasteiger partial charge on any atom is -0.258 e. The van der Waals surface area contributed by atoms with Gasteiger partial charge in [-0.25, -0.2) is 0 Å². The Kier molecular flexibility index (Phi) is 9.27. The van der Waals surface area contributed by atoms with Crippen molar-refractivity contribution in [1.82, 2.24) is 0 Å². The molecule has 4 aromatic rings. The minimum atomic E-state index is -0.444. The molecule has 4 aromatic carbocycles. The van der Waals surface area contributed by atoms with Gasteiger partial charge >= 0.3 is 0 Å². The molecule has 10 nitrogen and oxygen atoms in total. The smallest absolute Gasteiger partial charge is 0.258 e. The molecule has 0 fully saturated rings. The Labute approximate surface area is 225 Å². The van der Waals surface area contributed by atoms with Crippen molar-refractivity contribution in [2.24, 2.45) is 20.5 Å². The lowest BCUT2D eigenvalue weighted by molar-refractivity contribution is -0.385. The number of nitro groups is 2. The van der Waals surface area contributed by atoms with Crippen molar-refractivity contribution in [3.63, 3.8) is 0 Å². The molecule has 0 spiro atoms. The topological polar surface area (TPSA) is 136 Å². The summed E-state index contributed by atoms with van der Waals surface area (Å²) in [6, 6.07) is 27.8. The van der Waals surface area contributed by atoms with E-state index < -0.39 is 9.85 Å². The zero-order valence-electron chi connectivity index (χ0n) is 21.1. The third-order valence-electron chi connectivity index (χ3n) is 5.99. The maximum atomic E-state index is 10.7. The predicted molar refractivity (Wildman–Crippen MR) is 149 cm³/mol. The van der Waals surface area contributed by atoms with Crippen LogP contribution in [0.3, 0.4) is 0 Å². The summed E-state index contributed by atoms with van der Waals surface area (Å²) in [6.45, 7) is 0. The summed E-state index contributed by atoms with van der Waals surface area (Å²) in [4.78, 5) is 20.6. The van der Waals surface area contributed by atoms with Gasteiger partial charge in [-0.1, -0.05) is 30.7 Å². The number of hydrogen-bond acceptors (Lipinski definition) is 8. The minimum absolute atomic E-state index is 0.0252. The van der Waals surface area contributed by atoms with Gasteiger partial charge in [-0.3, -0.25) is 20.2 Å². The molecule has 0 aliphatic heterocycles. The highest BCUT2D eigenvalue weighted by Crippen LogP contribution is 2.23. The first-order valence-electron chi connectivity index (χ1n) is 12.5. The SMILES string of the molecule is O=[N+]([O-])c1ccc(N=Nc2ccc(CCCCCc3ccc(N=Nc4ccc([N+](=O)[O-])cc4)cc3)cc2)cc1. The van der Waals surface area contributed by atoms with E-state index >= 15 is 0 Å². The summed E-state index contributed by atoms with van der Waals surface area (Å²) < 4.78 is 0. The van der Waals surface area contributed by atoms with Crippen LogP contribution < -0.4 is 0 Å². The summed E-state index contributed by atoms with van der Waals surface area (Å²) in [5.41, 5.74) is 5.12. The maximum Gasteiger partial charge on any atom is 0.269 e. The van der Waals surface area contributed by atoms with E-state index in [1.165, 1.54) is 35.4 Å². The number of hydrogen-bond donors (Lipinski definition) is 0. The molecule has 0 saturated carbocycles. The molecule has 10 heteroatoms. The van der Waals surface area contributed by atoms with E-state index in [4.69, 9.17) is 0 Å². The van der Waals surface area contributed by atoms with E-state index in [-0.39, 0.29) is 11.4 Å². The van der Waals surface area contributed by atoms with Crippen molar-refractivity contribution in [2.75, 3.05) is 0 Å². The highest BCUT2D eigenvalue weighted by molar-refractivity contribution is 5.46. The number of aryl methyl sites for hydroxylation is 2. The average molecular weight is 523 g/mol. The Hall–Kier alpha value is -5.12. The Bertz CT molecular complexity index is 1340. The van der Waals surface area contributed by atoms with E-state index in [2.05, 4.69) is 20.5 Å². The van der Waals surface area contributed by atoms with Gasteiger partial charge in [0, 0.05) is 24.3 Å². The number of azo groups is 2. The van der Waals surface area contributed by atoms with Gasteiger partial charge in [0.05, 0.1) is 32.6 Å². The normalized spacial score (nSPS) is 11.3. The van der Waals surface area contributed by atoms with Gasteiger partial charge in [0.1, 0.15) is 0 Å². The summed E-state index contributed by atoms with van der Waals surface area (Å²) in [5, 5.41) is 38.1. The first-order valence-corrected chi connectivity index (χ1v) is 12.5. The maximum absolute atomic E-state index is 10.7. The second-order valence-corrected chi connectivity index (χ2v) is 8.84. The number of nitrogens with zero attached hydrogens (tertiary/aromatic N) is 6. The molecule has 4 rings (SSSR count). The van der Waals surface area contributed by atoms with Crippen LogP contribution in [0.25, 0.3) is 0 Å². The number of nitro benzene ring substituents is 2. The first-order chi connectivity index (χ1) is 19.0. The summed E-state index contributed by atoms with van der Waals surface area (Å²) in [7, 11) is 0. The fraction of sp³-hybridized carbons (Fsp3) is 0.172. The molecule has 0 N–H and O–H groups in total. The third-order valence-corrected chi connectivity index (χ3v) is 5.99. The molecule has 0 aromatic heterocycles. The fourth-order valence-electron chi connectivity index (χ4n) is 3.81. The van der Waals surface area contributed by atoms with Gasteiger partial charge in [0.25, 0.3) is 11.4 Å². The van der Waals surface area contributed by atoms with Gasteiger partial charge in [-0.05, 0) is 85.3 Å². The molecule has 0 unspecified atom stereocenters. The van der Waals surface area contributed by atoms with Gasteiger partial charge in [-0.15, -0.1) is 0 Å². The van der Waals surface area contributed by atoms with E-state index in [1.54, 1.807) is 24.3 Å². The van der Waals surface area contributed by atoms with Crippen LogP contribution in [0.5, 0.6) is 0 Å². The molecule has 0 bridgehead atoms. The van der Waals surface area contributed by atoms with E-state index in [9.17, 15) is 20.2 Å². The van der Waals surface area contributed by atoms with Crippen LogP contribution in [0.4, 0.5) is 34.1 Å². The Morgan fingerprint density at radius 1 is 0.436 bits per heavy atom. The second-order valence-electron chi connectivity index (χ2n) is 8.84. The van der Waals surface area contributed by atoms with Crippen LogP contribution in [-0.4, -0.2) is 9.85 Å². The number of rotatable bonds is 12. The first kappa shape index (κ1) is 26.9. The predicted octanol–water partition coefficient (Wildman–Crippen LogP) is 9.29. The van der Waals surface area contributed by atoms with Crippen LogP contribution in [0.15, 0.2) is 118 Å². The standard InChI is InChI=1S/C29H26N6O4/c36-34(37)28-18-14-26(15-19-28)32-30-24-10-6-22(7-11-24)4-2-1-3-5-23-8-12-25(13-9-23)31-33-27-16-20-29(21-17-27)35(38)39/h6-21H,1-5H2. The highest BCUT2D eigenvalue weighted by Gasteiger charge is 2.04. The number of non-ortho nitro benzene ring substituents is 2. The molecule has 0 radical (unpaired) electrons. The lowest BCUT2D eigenvalue weighted by Gasteiger charge is -2.04. The Morgan fingerprint density at radius 2 is 0.718 bits per heavy atom. The molecular formula is C29H26N6O4. The van der Waals surface area contributed by atoms with Crippen molar-refractivity contribution in [3.05, 3.63) is 128 Å². The van der Waals surface area contributed by atoms with Crippen molar-refractivity contribution >= 4 is 34.1 Å². The lowest BCUT2D eigenvalue weighted by atomic mass is 10.0. The quantitative estimate of drug-likeness (QED) is 0.0792. The second kappa shape index (κ2) is 13.4. The van der Waals surface area contributed by atoms with E-state index in [0.717, 1.165) is 43.5 Å². The van der Waals surface area contributed by atoms with Crippen LogP contribution >= 0.6 is 0 Å². The zero-order chi connectivity index (χ0) is 27.5. The molecule has 196 valence electrons. The Morgan fingerprint density at radius 3 is 1.00 bits per heavy atom. The summed E-state index contributed by atoms with van der Waals surface area (Å²) in [5.74, 6) is 0. The number of benzene rings is 4. The fourth-order valence-corrected chi connectivity index (χ4v) is 3.81. The third kappa shape index (κ3) is 8.46. The monoisotopic (exact) mass is 522 g/mol. The molecule has 0 amide bonds. The van der Waals surface area contributed by atoms with Crippen LogP contribution in [0.1, 0.15) is 30.4 Å².